The third kappa shape index (κ3) is 5.17. The largest absolute Gasteiger partial charge is 0.354 e. The van der Waals surface area contributed by atoms with Gasteiger partial charge in [-0.2, -0.15) is 4.72 Å². The van der Waals surface area contributed by atoms with Crippen LogP contribution in [0.4, 0.5) is 4.39 Å². The smallest absolute Gasteiger partial charge is 0.241 e. The molecule has 0 radical (unpaired) electrons. The van der Waals surface area contributed by atoms with Gasteiger partial charge in [-0.15, -0.1) is 0 Å². The summed E-state index contributed by atoms with van der Waals surface area (Å²) in [6.07, 6.45) is 0.457. The fraction of sp³-hybridized carbons (Fsp3) is 0.381. The summed E-state index contributed by atoms with van der Waals surface area (Å²) in [7, 11) is -3.85. The van der Waals surface area contributed by atoms with Crippen LogP contribution >= 0.6 is 0 Å². The van der Waals surface area contributed by atoms with Crippen molar-refractivity contribution in [2.75, 3.05) is 6.54 Å². The summed E-state index contributed by atoms with van der Waals surface area (Å²) in [5.74, 6) is -0.760. The molecule has 2 aromatic carbocycles. The van der Waals surface area contributed by atoms with Crippen LogP contribution in [-0.4, -0.2) is 26.9 Å². The van der Waals surface area contributed by atoms with Crippen LogP contribution < -0.4 is 10.0 Å². The first-order valence-electron chi connectivity index (χ1n) is 9.15. The molecule has 152 valence electrons. The number of aryl methyl sites for hydroxylation is 2. The summed E-state index contributed by atoms with van der Waals surface area (Å²) < 4.78 is 41.4. The number of amides is 1. The van der Waals surface area contributed by atoms with Crippen molar-refractivity contribution in [2.24, 2.45) is 0 Å². The lowest BCUT2D eigenvalue weighted by Crippen LogP contribution is -2.45. The van der Waals surface area contributed by atoms with Crippen LogP contribution in [0, 0.1) is 33.5 Å². The molecule has 7 heteroatoms. The maximum atomic E-state index is 13.2. The van der Waals surface area contributed by atoms with E-state index in [1.54, 1.807) is 26.0 Å². The van der Waals surface area contributed by atoms with Crippen molar-refractivity contribution in [3.8, 4) is 0 Å². The molecule has 0 aliphatic rings. The molecule has 0 aromatic heterocycles. The first-order valence-corrected chi connectivity index (χ1v) is 10.6. The van der Waals surface area contributed by atoms with E-state index >= 15 is 0 Å². The SMILES string of the molecule is Cc1cc(C)c(C)c(S(=O)(=O)N[C@@H](C)C(=O)NCCc2cccc(F)c2)c1C. The summed E-state index contributed by atoms with van der Waals surface area (Å²) in [5, 5.41) is 2.69. The van der Waals surface area contributed by atoms with Crippen LogP contribution in [0.5, 0.6) is 0 Å². The van der Waals surface area contributed by atoms with Crippen molar-refractivity contribution in [1.82, 2.24) is 10.0 Å². The predicted octanol–water partition coefficient (Wildman–Crippen LogP) is 3.09. The van der Waals surface area contributed by atoms with Gasteiger partial charge in [0.1, 0.15) is 5.82 Å². The summed E-state index contributed by atoms with van der Waals surface area (Å²) in [6, 6.07) is 7.16. The van der Waals surface area contributed by atoms with Gasteiger partial charge in [-0.1, -0.05) is 18.2 Å². The van der Waals surface area contributed by atoms with Crippen LogP contribution in [0.1, 0.15) is 34.7 Å². The highest BCUT2D eigenvalue weighted by Crippen LogP contribution is 2.26. The Hall–Kier alpha value is -2.25. The highest BCUT2D eigenvalue weighted by Gasteiger charge is 2.26. The van der Waals surface area contributed by atoms with Crippen LogP contribution in [0.25, 0.3) is 0 Å². The van der Waals surface area contributed by atoms with Crippen molar-refractivity contribution in [3.05, 3.63) is 64.0 Å². The molecule has 28 heavy (non-hydrogen) atoms. The van der Waals surface area contributed by atoms with Crippen molar-refractivity contribution >= 4 is 15.9 Å². The van der Waals surface area contributed by atoms with Crippen LogP contribution in [0.2, 0.25) is 0 Å². The number of hydrogen-bond donors (Lipinski definition) is 2. The van der Waals surface area contributed by atoms with Crippen LogP contribution in [-0.2, 0) is 21.2 Å². The molecule has 1 atom stereocenters. The van der Waals surface area contributed by atoms with Gasteiger partial charge >= 0.3 is 0 Å². The highest BCUT2D eigenvalue weighted by molar-refractivity contribution is 7.89. The van der Waals surface area contributed by atoms with Gasteiger partial charge in [-0.25, -0.2) is 12.8 Å². The molecule has 0 unspecified atom stereocenters. The van der Waals surface area contributed by atoms with Gasteiger partial charge in [-0.3, -0.25) is 4.79 Å². The fourth-order valence-electron chi connectivity index (χ4n) is 3.10. The van der Waals surface area contributed by atoms with Gasteiger partial charge in [0.05, 0.1) is 10.9 Å². The van der Waals surface area contributed by atoms with Gasteiger partial charge in [0.25, 0.3) is 0 Å². The zero-order chi connectivity index (χ0) is 21.1. The summed E-state index contributed by atoms with van der Waals surface area (Å²) in [5.41, 5.74) is 3.88. The first-order chi connectivity index (χ1) is 13.0. The number of nitrogens with one attached hydrogen (secondary N) is 2. The molecule has 0 aliphatic carbocycles. The van der Waals surface area contributed by atoms with E-state index in [0.717, 1.165) is 16.7 Å². The van der Waals surface area contributed by atoms with Gasteiger partial charge in [0.15, 0.2) is 0 Å². The lowest BCUT2D eigenvalue weighted by molar-refractivity contribution is -0.122. The molecule has 2 N–H and O–H groups in total. The second-order valence-corrected chi connectivity index (χ2v) is 8.75. The highest BCUT2D eigenvalue weighted by atomic mass is 32.2. The Morgan fingerprint density at radius 2 is 1.68 bits per heavy atom. The van der Waals surface area contributed by atoms with Crippen molar-refractivity contribution in [1.29, 1.82) is 0 Å². The Kier molecular flexibility index (Phi) is 6.96. The molecule has 0 spiro atoms. The Labute approximate surface area is 166 Å². The monoisotopic (exact) mass is 406 g/mol. The summed E-state index contributed by atoms with van der Waals surface area (Å²) in [6.45, 7) is 9.05. The van der Waals surface area contributed by atoms with Gasteiger partial charge in [0, 0.05) is 6.54 Å². The molecule has 0 heterocycles. The van der Waals surface area contributed by atoms with E-state index in [-0.39, 0.29) is 17.3 Å². The van der Waals surface area contributed by atoms with E-state index in [1.807, 2.05) is 19.9 Å². The van der Waals surface area contributed by atoms with Crippen molar-refractivity contribution in [2.45, 2.75) is 52.0 Å². The average molecular weight is 407 g/mol. The second-order valence-electron chi connectivity index (χ2n) is 7.10. The maximum absolute atomic E-state index is 13.2. The topological polar surface area (TPSA) is 75.3 Å². The minimum atomic E-state index is -3.85. The van der Waals surface area contributed by atoms with E-state index in [2.05, 4.69) is 10.0 Å². The lowest BCUT2D eigenvalue weighted by Gasteiger charge is -2.19. The standard InChI is InChI=1S/C21H27FN2O3S/c1-13-11-14(2)16(4)20(15(13)3)28(26,27)24-17(5)21(25)23-10-9-18-7-6-8-19(22)12-18/h6-8,11-12,17,24H,9-10H2,1-5H3,(H,23,25)/t17-/m0/s1. The lowest BCUT2D eigenvalue weighted by atomic mass is 10.0. The fourth-order valence-corrected chi connectivity index (χ4v) is 4.92. The molecule has 2 rings (SSSR count). The van der Waals surface area contributed by atoms with Crippen molar-refractivity contribution in [3.63, 3.8) is 0 Å². The van der Waals surface area contributed by atoms with E-state index in [4.69, 9.17) is 0 Å². The van der Waals surface area contributed by atoms with Gasteiger partial charge < -0.3 is 5.32 Å². The number of halogens is 1. The zero-order valence-corrected chi connectivity index (χ0v) is 17.7. The van der Waals surface area contributed by atoms with Crippen LogP contribution in [0.15, 0.2) is 35.2 Å². The van der Waals surface area contributed by atoms with Gasteiger partial charge in [0.2, 0.25) is 15.9 Å². The minimum absolute atomic E-state index is 0.226. The molecule has 0 saturated carbocycles. The first kappa shape index (κ1) is 22.0. The van der Waals surface area contributed by atoms with E-state index in [0.29, 0.717) is 17.5 Å². The Bertz CT molecular complexity index is 961. The van der Waals surface area contributed by atoms with Gasteiger partial charge in [-0.05, 0) is 81.0 Å². The maximum Gasteiger partial charge on any atom is 0.241 e. The summed E-state index contributed by atoms with van der Waals surface area (Å²) in [4.78, 5) is 12.5. The summed E-state index contributed by atoms with van der Waals surface area (Å²) >= 11 is 0. The molecule has 0 bridgehead atoms. The molecule has 0 saturated heterocycles. The number of rotatable bonds is 7. The van der Waals surface area contributed by atoms with Crippen molar-refractivity contribution < 1.29 is 17.6 Å². The molecular weight excluding hydrogens is 379 g/mol. The molecule has 0 aliphatic heterocycles. The molecule has 1 amide bonds. The van der Waals surface area contributed by atoms with E-state index in [9.17, 15) is 17.6 Å². The quantitative estimate of drug-likeness (QED) is 0.742. The third-order valence-electron chi connectivity index (χ3n) is 4.89. The number of benzene rings is 2. The van der Waals surface area contributed by atoms with E-state index < -0.39 is 22.0 Å². The molecule has 2 aromatic rings. The normalized spacial score (nSPS) is 12.6. The zero-order valence-electron chi connectivity index (χ0n) is 16.9. The van der Waals surface area contributed by atoms with Crippen LogP contribution in [0.3, 0.4) is 0 Å². The number of sulfonamides is 1. The molecule has 0 fully saturated rings. The Morgan fingerprint density at radius 1 is 1.07 bits per heavy atom. The Balaban J connectivity index is 2.05. The number of hydrogen-bond acceptors (Lipinski definition) is 3. The average Bonchev–Trinajstić information content (AvgIpc) is 2.59. The second kappa shape index (κ2) is 8.84. The molecule has 5 nitrogen and oxygen atoms in total. The number of carbonyl (C=O) groups is 1. The number of carbonyl (C=O) groups excluding carboxylic acids is 1. The Morgan fingerprint density at radius 3 is 2.25 bits per heavy atom. The third-order valence-corrected chi connectivity index (χ3v) is 6.71. The predicted molar refractivity (Wildman–Crippen MR) is 108 cm³/mol. The minimum Gasteiger partial charge on any atom is -0.354 e. The van der Waals surface area contributed by atoms with E-state index in [1.165, 1.54) is 19.1 Å². The molecular formula is C21H27FN2O3S.